The van der Waals surface area contributed by atoms with Crippen LogP contribution in [0.5, 0.6) is 0 Å². The van der Waals surface area contributed by atoms with E-state index in [4.69, 9.17) is 23.2 Å². The number of nitrogens with one attached hydrogen (secondary N) is 1. The Balaban J connectivity index is 2.10. The Morgan fingerprint density at radius 2 is 2.05 bits per heavy atom. The fourth-order valence-electron chi connectivity index (χ4n) is 1.91. The van der Waals surface area contributed by atoms with Crippen LogP contribution in [0, 0.1) is 6.92 Å². The monoisotopic (exact) mass is 297 g/mol. The van der Waals surface area contributed by atoms with Gasteiger partial charge in [-0.2, -0.15) is 0 Å². The topological polar surface area (TPSA) is 29.9 Å². The molecule has 102 valence electrons. The van der Waals surface area contributed by atoms with Crippen molar-refractivity contribution in [1.82, 2.24) is 9.55 Å². The Morgan fingerprint density at radius 3 is 2.79 bits per heavy atom. The molecule has 1 heterocycles. The number of hydrogen-bond acceptors (Lipinski definition) is 2. The van der Waals surface area contributed by atoms with E-state index in [-0.39, 0.29) is 0 Å². The highest BCUT2D eigenvalue weighted by atomic mass is 35.5. The molecule has 2 aromatic rings. The van der Waals surface area contributed by atoms with Gasteiger partial charge in [0.25, 0.3) is 0 Å². The van der Waals surface area contributed by atoms with Crippen LogP contribution in [0.4, 0.5) is 5.69 Å². The number of hydrogen-bond donors (Lipinski definition) is 1. The van der Waals surface area contributed by atoms with E-state index < -0.39 is 0 Å². The number of anilines is 1. The Hall–Kier alpha value is -1.19. The minimum atomic E-state index is 0.631. The smallest absolute Gasteiger partial charge is 0.128 e. The maximum Gasteiger partial charge on any atom is 0.128 e. The number of imidazole rings is 1. The van der Waals surface area contributed by atoms with Crippen LogP contribution in [0.2, 0.25) is 10.0 Å². The third-order valence-corrected chi connectivity index (χ3v) is 3.67. The lowest BCUT2D eigenvalue weighted by atomic mass is 10.2. The molecule has 2 rings (SSSR count). The van der Waals surface area contributed by atoms with Gasteiger partial charge < -0.3 is 9.88 Å². The molecule has 0 saturated carbocycles. The van der Waals surface area contributed by atoms with Gasteiger partial charge in [0.05, 0.1) is 17.3 Å². The molecule has 0 amide bonds. The molecule has 0 aliphatic carbocycles. The highest BCUT2D eigenvalue weighted by Gasteiger charge is 2.06. The summed E-state index contributed by atoms with van der Waals surface area (Å²) in [5.74, 6) is 0.995. The van der Waals surface area contributed by atoms with Crippen LogP contribution in [0.1, 0.15) is 24.7 Å². The van der Waals surface area contributed by atoms with E-state index in [9.17, 15) is 0 Å². The predicted molar refractivity (Wildman–Crippen MR) is 81.0 cm³/mol. The molecule has 0 spiro atoms. The van der Waals surface area contributed by atoms with Crippen molar-refractivity contribution in [2.45, 2.75) is 33.4 Å². The SMILES string of the molecule is CCCn1ccnc1CNc1cc(Cl)c(C)cc1Cl. The Bertz CT molecular complexity index is 564. The van der Waals surface area contributed by atoms with Gasteiger partial charge in [0, 0.05) is 24.0 Å². The highest BCUT2D eigenvalue weighted by Crippen LogP contribution is 2.29. The lowest BCUT2D eigenvalue weighted by molar-refractivity contribution is 0.644. The molecule has 1 N–H and O–H groups in total. The number of halogens is 2. The van der Waals surface area contributed by atoms with Crippen molar-refractivity contribution in [3.63, 3.8) is 0 Å². The Morgan fingerprint density at radius 1 is 1.26 bits per heavy atom. The third kappa shape index (κ3) is 3.43. The van der Waals surface area contributed by atoms with Crippen LogP contribution < -0.4 is 5.32 Å². The number of benzene rings is 1. The molecule has 1 aromatic carbocycles. The van der Waals surface area contributed by atoms with E-state index in [2.05, 4.69) is 21.8 Å². The van der Waals surface area contributed by atoms with Crippen molar-refractivity contribution in [1.29, 1.82) is 0 Å². The average molecular weight is 298 g/mol. The second kappa shape index (κ2) is 6.31. The van der Waals surface area contributed by atoms with Crippen LogP contribution in [-0.4, -0.2) is 9.55 Å². The van der Waals surface area contributed by atoms with Gasteiger partial charge in [0.15, 0.2) is 0 Å². The van der Waals surface area contributed by atoms with Crippen molar-refractivity contribution in [2.24, 2.45) is 0 Å². The minimum absolute atomic E-state index is 0.631. The molecule has 0 radical (unpaired) electrons. The van der Waals surface area contributed by atoms with Crippen molar-refractivity contribution in [2.75, 3.05) is 5.32 Å². The lowest BCUT2D eigenvalue weighted by Crippen LogP contribution is -2.08. The molecule has 1 aromatic heterocycles. The van der Waals surface area contributed by atoms with E-state index in [0.717, 1.165) is 30.0 Å². The second-order valence-corrected chi connectivity index (χ2v) is 5.29. The molecule has 0 saturated heterocycles. The molecule has 19 heavy (non-hydrogen) atoms. The molecule has 0 unspecified atom stereocenters. The van der Waals surface area contributed by atoms with Crippen molar-refractivity contribution in [3.8, 4) is 0 Å². The van der Waals surface area contributed by atoms with Gasteiger partial charge >= 0.3 is 0 Å². The quantitative estimate of drug-likeness (QED) is 0.879. The normalized spacial score (nSPS) is 10.7. The average Bonchev–Trinajstić information content (AvgIpc) is 2.80. The molecule has 0 aliphatic heterocycles. The molecule has 0 fully saturated rings. The van der Waals surface area contributed by atoms with Crippen LogP contribution >= 0.6 is 23.2 Å². The summed E-state index contributed by atoms with van der Waals surface area (Å²) < 4.78 is 2.14. The summed E-state index contributed by atoms with van der Waals surface area (Å²) in [4.78, 5) is 4.34. The fraction of sp³-hybridized carbons (Fsp3) is 0.357. The van der Waals surface area contributed by atoms with Gasteiger partial charge in [-0.15, -0.1) is 0 Å². The zero-order chi connectivity index (χ0) is 13.8. The number of aromatic nitrogens is 2. The van der Waals surface area contributed by atoms with E-state index in [1.807, 2.05) is 31.5 Å². The maximum atomic E-state index is 6.19. The van der Waals surface area contributed by atoms with E-state index in [1.54, 1.807) is 0 Å². The second-order valence-electron chi connectivity index (χ2n) is 4.47. The third-order valence-electron chi connectivity index (χ3n) is 2.95. The Kier molecular flexibility index (Phi) is 4.72. The van der Waals surface area contributed by atoms with Gasteiger partial charge in [0.1, 0.15) is 5.82 Å². The summed E-state index contributed by atoms with van der Waals surface area (Å²) in [6, 6.07) is 3.72. The Labute approximate surface area is 123 Å². The minimum Gasteiger partial charge on any atom is -0.377 e. The zero-order valence-electron chi connectivity index (χ0n) is 11.1. The van der Waals surface area contributed by atoms with Crippen LogP contribution in [0.15, 0.2) is 24.5 Å². The van der Waals surface area contributed by atoms with Crippen LogP contribution in [-0.2, 0) is 13.1 Å². The largest absolute Gasteiger partial charge is 0.377 e. The van der Waals surface area contributed by atoms with Gasteiger partial charge in [-0.25, -0.2) is 4.98 Å². The lowest BCUT2D eigenvalue weighted by Gasteiger charge is -2.11. The zero-order valence-corrected chi connectivity index (χ0v) is 12.6. The van der Waals surface area contributed by atoms with Crippen molar-refractivity contribution in [3.05, 3.63) is 46.0 Å². The molecule has 0 aliphatic rings. The first-order chi connectivity index (χ1) is 9.11. The van der Waals surface area contributed by atoms with Crippen LogP contribution in [0.25, 0.3) is 0 Å². The first-order valence-corrected chi connectivity index (χ1v) is 7.07. The van der Waals surface area contributed by atoms with Gasteiger partial charge in [-0.3, -0.25) is 0 Å². The maximum absolute atomic E-state index is 6.19. The highest BCUT2D eigenvalue weighted by molar-refractivity contribution is 6.35. The fourth-order valence-corrected chi connectivity index (χ4v) is 2.36. The predicted octanol–water partition coefficient (Wildman–Crippen LogP) is 4.52. The van der Waals surface area contributed by atoms with E-state index in [0.29, 0.717) is 16.6 Å². The summed E-state index contributed by atoms with van der Waals surface area (Å²) in [7, 11) is 0. The van der Waals surface area contributed by atoms with E-state index in [1.165, 1.54) is 0 Å². The summed E-state index contributed by atoms with van der Waals surface area (Å²) in [5, 5.41) is 4.67. The number of rotatable bonds is 5. The molecule has 0 atom stereocenters. The summed E-state index contributed by atoms with van der Waals surface area (Å²) in [6.07, 6.45) is 4.89. The first kappa shape index (κ1) is 14.2. The van der Waals surface area contributed by atoms with Crippen LogP contribution in [0.3, 0.4) is 0 Å². The van der Waals surface area contributed by atoms with Gasteiger partial charge in [0.2, 0.25) is 0 Å². The van der Waals surface area contributed by atoms with Gasteiger partial charge in [-0.1, -0.05) is 30.1 Å². The van der Waals surface area contributed by atoms with E-state index >= 15 is 0 Å². The van der Waals surface area contributed by atoms with Crippen molar-refractivity contribution >= 4 is 28.9 Å². The summed E-state index contributed by atoms with van der Waals surface area (Å²) in [6.45, 7) is 5.69. The molecule has 0 bridgehead atoms. The number of nitrogens with zero attached hydrogens (tertiary/aromatic N) is 2. The standard InChI is InChI=1S/C14H17Cl2N3/c1-3-5-19-6-4-17-14(19)9-18-13-8-11(15)10(2)7-12(13)16/h4,6-8,18H,3,5,9H2,1-2H3. The number of aryl methyl sites for hydroxylation is 2. The van der Waals surface area contributed by atoms with Crippen molar-refractivity contribution < 1.29 is 0 Å². The summed E-state index contributed by atoms with van der Waals surface area (Å²) in [5.41, 5.74) is 1.81. The molecule has 5 heteroatoms. The molecular weight excluding hydrogens is 281 g/mol. The summed E-state index contributed by atoms with van der Waals surface area (Å²) >= 11 is 12.3. The molecule has 3 nitrogen and oxygen atoms in total. The van der Waals surface area contributed by atoms with Gasteiger partial charge in [-0.05, 0) is 31.0 Å². The first-order valence-electron chi connectivity index (χ1n) is 6.31. The molecular formula is C14H17Cl2N3.